The van der Waals surface area contributed by atoms with Gasteiger partial charge in [-0.2, -0.15) is 0 Å². The Kier molecular flexibility index (Phi) is 11.1. The van der Waals surface area contributed by atoms with Crippen LogP contribution in [-0.4, -0.2) is 57.0 Å². The van der Waals surface area contributed by atoms with Crippen LogP contribution in [0.25, 0.3) is 0 Å². The van der Waals surface area contributed by atoms with E-state index >= 15 is 0 Å². The van der Waals surface area contributed by atoms with Crippen LogP contribution in [0, 0.1) is 0 Å². The van der Waals surface area contributed by atoms with Crippen molar-refractivity contribution < 1.29 is 31.3 Å². The Morgan fingerprint density at radius 2 is 1.79 bits per heavy atom. The van der Waals surface area contributed by atoms with Crippen molar-refractivity contribution in [1.82, 2.24) is 9.88 Å². The number of aryl methyl sites for hydroxylation is 2. The summed E-state index contributed by atoms with van der Waals surface area (Å²) in [4.78, 5) is 13.7. The summed E-state index contributed by atoms with van der Waals surface area (Å²) in [6, 6.07) is 7.90. The van der Waals surface area contributed by atoms with E-state index in [4.69, 9.17) is 4.74 Å². The number of hydrogen-bond donors (Lipinski definition) is 1. The highest BCUT2D eigenvalue weighted by molar-refractivity contribution is 7.80. The second kappa shape index (κ2) is 13.0. The van der Waals surface area contributed by atoms with Crippen LogP contribution in [-0.2, 0) is 32.9 Å². The summed E-state index contributed by atoms with van der Waals surface area (Å²) in [5, 5.41) is 11.5. The molecular weight excluding hydrogens is 464 g/mol. The molecule has 12 nitrogen and oxygen atoms in total. The van der Waals surface area contributed by atoms with Crippen LogP contribution < -0.4 is 14.8 Å². The highest BCUT2D eigenvalue weighted by atomic mass is 32.3. The minimum absolute atomic E-state index is 0.397. The van der Waals surface area contributed by atoms with Crippen LogP contribution in [0.4, 0.5) is 22.1 Å². The molecule has 0 atom stereocenters. The number of rotatable bonds is 8. The second-order valence-electron chi connectivity index (χ2n) is 8.37. The molecule has 2 rings (SSSR count). The van der Waals surface area contributed by atoms with Gasteiger partial charge in [-0.05, 0) is 51.5 Å². The normalized spacial score (nSPS) is 11.6. The van der Waals surface area contributed by atoms with Crippen molar-refractivity contribution in [1.29, 1.82) is 0 Å². The number of nitrogens with one attached hydrogen (secondary N) is 1. The summed E-state index contributed by atoms with van der Waals surface area (Å²) in [7, 11) is 2.33. The molecule has 1 aromatic heterocycles. The van der Waals surface area contributed by atoms with Gasteiger partial charge in [0.25, 0.3) is 0 Å². The zero-order valence-corrected chi connectivity index (χ0v) is 21.5. The van der Waals surface area contributed by atoms with Gasteiger partial charge in [0, 0.05) is 31.4 Å². The van der Waals surface area contributed by atoms with Crippen LogP contribution in [0.3, 0.4) is 0 Å². The number of alkyl carbamates (subject to hydrolysis) is 1. The lowest BCUT2D eigenvalue weighted by molar-refractivity contribution is -0.657. The standard InChI is InChI=1S/C20H30N6O2.CH4O4S/c1-20(2,3)28-19(27)21-12-7-13-26-15-14-25(6)18(26)23-22-16-8-10-17(11-9-16)24(4)5;1-5-6(2,3)4/h8-11,14-15H,7,12-13H2,1-6H3;1H3,(H,2,3,4). The van der Waals surface area contributed by atoms with E-state index in [9.17, 15) is 17.8 Å². The largest absolute Gasteiger partial charge is 0.726 e. The molecule has 0 spiro atoms. The number of imidazole rings is 1. The molecule has 1 heterocycles. The molecule has 2 aromatic rings. The highest BCUT2D eigenvalue weighted by Crippen LogP contribution is 2.20. The molecule has 0 unspecified atom stereocenters. The fourth-order valence-electron chi connectivity index (χ4n) is 2.49. The van der Waals surface area contributed by atoms with E-state index in [0.29, 0.717) is 13.1 Å². The number of azo groups is 1. The third-order valence-electron chi connectivity index (χ3n) is 4.11. The van der Waals surface area contributed by atoms with Crippen LogP contribution in [0.15, 0.2) is 46.9 Å². The second-order valence-corrected chi connectivity index (χ2v) is 9.52. The first-order valence-corrected chi connectivity index (χ1v) is 11.8. The molecule has 0 fully saturated rings. The minimum atomic E-state index is -4.41. The average molecular weight is 499 g/mol. The third-order valence-corrected chi connectivity index (χ3v) is 4.52. The van der Waals surface area contributed by atoms with Gasteiger partial charge in [0.05, 0.1) is 33.1 Å². The van der Waals surface area contributed by atoms with Crippen molar-refractivity contribution in [2.75, 3.05) is 32.6 Å². The monoisotopic (exact) mass is 498 g/mol. The molecular formula is C21H34N6O6S. The van der Waals surface area contributed by atoms with Crippen molar-refractivity contribution in [2.45, 2.75) is 39.3 Å². The van der Waals surface area contributed by atoms with Gasteiger partial charge >= 0.3 is 12.0 Å². The van der Waals surface area contributed by atoms with Crippen molar-refractivity contribution in [2.24, 2.45) is 17.3 Å². The Labute approximate surface area is 201 Å². The Balaban J connectivity index is 0.000000852. The van der Waals surface area contributed by atoms with Gasteiger partial charge in [0.2, 0.25) is 10.4 Å². The lowest BCUT2D eigenvalue weighted by Gasteiger charge is -2.19. The number of hydrogen-bond acceptors (Lipinski definition) is 9. The van der Waals surface area contributed by atoms with Gasteiger partial charge in [-0.1, -0.05) is 5.11 Å². The first-order chi connectivity index (χ1) is 15.7. The fourth-order valence-corrected chi connectivity index (χ4v) is 2.49. The number of carbonyl (C=O) groups excluding carboxylic acids is 1. The summed E-state index contributed by atoms with van der Waals surface area (Å²) in [6.45, 7) is 6.77. The van der Waals surface area contributed by atoms with E-state index in [1.165, 1.54) is 0 Å². The summed E-state index contributed by atoms with van der Waals surface area (Å²) in [6.07, 6.45) is 4.25. The highest BCUT2D eigenvalue weighted by Gasteiger charge is 2.17. The summed E-state index contributed by atoms with van der Waals surface area (Å²) in [5.41, 5.74) is 1.42. The van der Waals surface area contributed by atoms with Crippen LogP contribution in [0.5, 0.6) is 0 Å². The zero-order chi connectivity index (χ0) is 25.9. The fraction of sp³-hybridized carbons (Fsp3) is 0.524. The van der Waals surface area contributed by atoms with E-state index in [-0.39, 0.29) is 0 Å². The maximum atomic E-state index is 11.7. The molecule has 1 amide bonds. The zero-order valence-electron chi connectivity index (χ0n) is 20.7. The number of benzene rings is 1. The molecule has 0 bridgehead atoms. The predicted molar refractivity (Wildman–Crippen MR) is 126 cm³/mol. The van der Waals surface area contributed by atoms with E-state index in [1.807, 2.05) is 92.6 Å². The molecule has 0 radical (unpaired) electrons. The van der Waals surface area contributed by atoms with Gasteiger partial charge < -0.3 is 19.5 Å². The smallest absolute Gasteiger partial charge is 0.421 e. The number of carbonyl (C=O) groups is 1. The van der Waals surface area contributed by atoms with Crippen LogP contribution in [0.2, 0.25) is 0 Å². The van der Waals surface area contributed by atoms with E-state index in [2.05, 4.69) is 19.7 Å². The summed E-state index contributed by atoms with van der Waals surface area (Å²) < 4.78 is 40.2. The Hall–Kier alpha value is -3.03. The lowest BCUT2D eigenvalue weighted by Crippen LogP contribution is -2.33. The summed E-state index contributed by atoms with van der Waals surface area (Å²) in [5.74, 6) is 0.744. The molecule has 1 N–H and O–H groups in total. The third kappa shape index (κ3) is 11.7. The van der Waals surface area contributed by atoms with Crippen LogP contribution >= 0.6 is 0 Å². The van der Waals surface area contributed by atoms with E-state index in [1.54, 1.807) is 0 Å². The Bertz CT molecular complexity index is 1040. The maximum Gasteiger partial charge on any atom is 0.421 e. The first-order valence-electron chi connectivity index (χ1n) is 10.4. The molecule has 0 aliphatic heterocycles. The van der Waals surface area contributed by atoms with Crippen molar-refractivity contribution in [3.63, 3.8) is 0 Å². The van der Waals surface area contributed by atoms with Crippen molar-refractivity contribution >= 4 is 33.8 Å². The van der Waals surface area contributed by atoms with Crippen molar-refractivity contribution in [3.8, 4) is 0 Å². The minimum Gasteiger partial charge on any atom is -0.726 e. The first kappa shape index (κ1) is 29.0. The van der Waals surface area contributed by atoms with Gasteiger partial charge in [-0.25, -0.2) is 22.3 Å². The number of amides is 1. The SMILES string of the molecule is CN(C)c1ccc(N=Nc2n(CCCNC(=O)OC(C)(C)C)cc[n+]2C)cc1.COS(=O)(=O)[O-]. The number of nitrogens with zero attached hydrogens (tertiary/aromatic N) is 5. The van der Waals surface area contributed by atoms with Gasteiger partial charge in [-0.15, -0.1) is 0 Å². The lowest BCUT2D eigenvalue weighted by atomic mass is 10.2. The topological polar surface area (TPSA) is 142 Å². The predicted octanol–water partition coefficient (Wildman–Crippen LogP) is 2.80. The number of aromatic nitrogens is 2. The molecule has 1 aromatic carbocycles. The van der Waals surface area contributed by atoms with Gasteiger partial charge in [-0.3, -0.25) is 4.18 Å². The van der Waals surface area contributed by atoms with Crippen molar-refractivity contribution in [3.05, 3.63) is 36.7 Å². The summed E-state index contributed by atoms with van der Waals surface area (Å²) >= 11 is 0. The average Bonchev–Trinajstić information content (AvgIpc) is 3.08. The molecule has 0 aliphatic carbocycles. The maximum absolute atomic E-state index is 11.7. The molecule has 13 heteroatoms. The van der Waals surface area contributed by atoms with E-state index in [0.717, 1.165) is 30.9 Å². The molecule has 190 valence electrons. The quantitative estimate of drug-likeness (QED) is 0.194. The molecule has 34 heavy (non-hydrogen) atoms. The van der Waals surface area contributed by atoms with Crippen LogP contribution in [0.1, 0.15) is 27.2 Å². The number of anilines is 1. The molecule has 0 saturated carbocycles. The van der Waals surface area contributed by atoms with Gasteiger partial charge in [0.1, 0.15) is 11.3 Å². The molecule has 0 saturated heterocycles. The van der Waals surface area contributed by atoms with Gasteiger partial charge in [0.15, 0.2) is 0 Å². The van der Waals surface area contributed by atoms with E-state index < -0.39 is 22.1 Å². The Morgan fingerprint density at radius 1 is 1.21 bits per heavy atom. The molecule has 0 aliphatic rings. The number of ether oxygens (including phenoxy) is 1. The Morgan fingerprint density at radius 3 is 2.29 bits per heavy atom.